The Labute approximate surface area is 137 Å². The van der Waals surface area contributed by atoms with Crippen molar-refractivity contribution in [2.24, 2.45) is 11.3 Å². The van der Waals surface area contributed by atoms with Gasteiger partial charge in [-0.25, -0.2) is 0 Å². The van der Waals surface area contributed by atoms with E-state index < -0.39 is 0 Å². The van der Waals surface area contributed by atoms with E-state index in [2.05, 4.69) is 42.8 Å². The second-order valence-electron chi connectivity index (χ2n) is 8.29. The van der Waals surface area contributed by atoms with Crippen molar-refractivity contribution in [2.75, 3.05) is 59.5 Å². The maximum Gasteiger partial charge on any atom is 0.0843 e. The highest BCUT2D eigenvalue weighted by Crippen LogP contribution is 2.40. The third-order valence-electron chi connectivity index (χ3n) is 6.35. The molecular weight excluding hydrogens is 274 g/mol. The van der Waals surface area contributed by atoms with E-state index in [1.54, 1.807) is 7.11 Å². The van der Waals surface area contributed by atoms with Gasteiger partial charge in [0.15, 0.2) is 0 Å². The molecule has 2 fully saturated rings. The maximum atomic E-state index is 5.21. The van der Waals surface area contributed by atoms with Gasteiger partial charge >= 0.3 is 0 Å². The molecule has 0 amide bonds. The quantitative estimate of drug-likeness (QED) is 0.726. The lowest BCUT2D eigenvalue weighted by atomic mass is 9.67. The normalized spacial score (nSPS) is 25.0. The second-order valence-corrected chi connectivity index (χ2v) is 8.29. The molecule has 2 N–H and O–H groups in total. The Hall–Kier alpha value is -0.160. The largest absolute Gasteiger partial charge is 0.383 e. The van der Waals surface area contributed by atoms with Gasteiger partial charge in [-0.3, -0.25) is 9.80 Å². The van der Waals surface area contributed by atoms with Crippen molar-refractivity contribution < 1.29 is 10.1 Å². The third kappa shape index (κ3) is 4.22. The molecular formula is C18H38N3O+. The van der Waals surface area contributed by atoms with E-state index in [1.165, 1.54) is 52.1 Å². The Bertz CT molecular complexity index is 335. The van der Waals surface area contributed by atoms with Crippen LogP contribution >= 0.6 is 0 Å². The lowest BCUT2D eigenvalue weighted by molar-refractivity contribution is -0.729. The van der Waals surface area contributed by atoms with Gasteiger partial charge in [0, 0.05) is 45.4 Å². The predicted molar refractivity (Wildman–Crippen MR) is 92.1 cm³/mol. The summed E-state index contributed by atoms with van der Waals surface area (Å²) in [7, 11) is 1.80. The van der Waals surface area contributed by atoms with Crippen LogP contribution in [0.2, 0.25) is 0 Å². The topological polar surface area (TPSA) is 32.3 Å². The molecule has 130 valence electrons. The Kier molecular flexibility index (Phi) is 6.29. The molecule has 0 aromatic rings. The summed E-state index contributed by atoms with van der Waals surface area (Å²) in [6, 6.07) is 0. The first-order chi connectivity index (χ1) is 10.4. The molecule has 4 heteroatoms. The van der Waals surface area contributed by atoms with E-state index >= 15 is 0 Å². The zero-order valence-corrected chi connectivity index (χ0v) is 15.5. The van der Waals surface area contributed by atoms with E-state index in [0.717, 1.165) is 19.1 Å². The molecule has 2 saturated heterocycles. The number of quaternary nitrogens is 1. The van der Waals surface area contributed by atoms with Crippen LogP contribution in [0.5, 0.6) is 0 Å². The summed E-state index contributed by atoms with van der Waals surface area (Å²) < 4.78 is 5.21. The minimum atomic E-state index is 0.354. The lowest BCUT2D eigenvalue weighted by Gasteiger charge is -2.50. The molecule has 1 atom stereocenters. The van der Waals surface area contributed by atoms with Gasteiger partial charge in [0.1, 0.15) is 0 Å². The fourth-order valence-electron chi connectivity index (χ4n) is 4.29. The minimum absolute atomic E-state index is 0.354. The maximum absolute atomic E-state index is 5.21. The lowest BCUT2D eigenvalue weighted by Crippen LogP contribution is -2.97. The summed E-state index contributed by atoms with van der Waals surface area (Å²) in [5, 5.41) is 2.45. The zero-order valence-electron chi connectivity index (χ0n) is 15.5. The molecule has 0 aromatic carbocycles. The summed E-state index contributed by atoms with van der Waals surface area (Å²) in [6.07, 6.45) is 2.58. The van der Waals surface area contributed by atoms with E-state index in [1.807, 2.05) is 0 Å². The minimum Gasteiger partial charge on any atom is -0.383 e. The van der Waals surface area contributed by atoms with Crippen LogP contribution in [-0.4, -0.2) is 74.9 Å². The van der Waals surface area contributed by atoms with Crippen LogP contribution in [0, 0.1) is 11.3 Å². The number of hydrogen-bond acceptors (Lipinski definition) is 3. The molecule has 2 rings (SSSR count). The number of methoxy groups -OCH3 is 1. The van der Waals surface area contributed by atoms with Crippen molar-refractivity contribution in [1.82, 2.24) is 9.80 Å². The number of rotatable bonds is 8. The van der Waals surface area contributed by atoms with Crippen LogP contribution < -0.4 is 5.32 Å². The first-order valence-electron chi connectivity index (χ1n) is 9.19. The van der Waals surface area contributed by atoms with Crippen LogP contribution in [-0.2, 0) is 4.74 Å². The van der Waals surface area contributed by atoms with Gasteiger partial charge < -0.3 is 10.1 Å². The van der Waals surface area contributed by atoms with Crippen LogP contribution in [0.3, 0.4) is 0 Å². The van der Waals surface area contributed by atoms with Crippen molar-refractivity contribution in [1.29, 1.82) is 0 Å². The number of nitrogens with zero attached hydrogens (tertiary/aromatic N) is 2. The van der Waals surface area contributed by atoms with Crippen molar-refractivity contribution in [2.45, 2.75) is 46.1 Å². The SMILES string of the molecule is CCC(C)(CC(C)(C)C1C[NH2+]C1)N1CCN(CCOC)CC1. The Morgan fingerprint density at radius 2 is 1.73 bits per heavy atom. The van der Waals surface area contributed by atoms with Gasteiger partial charge in [0.05, 0.1) is 25.6 Å². The second kappa shape index (κ2) is 7.61. The summed E-state index contributed by atoms with van der Waals surface area (Å²) in [5.41, 5.74) is 0.819. The number of nitrogens with two attached hydrogens (primary N) is 1. The first-order valence-corrected chi connectivity index (χ1v) is 9.19. The summed E-state index contributed by atoms with van der Waals surface area (Å²) in [4.78, 5) is 5.31. The molecule has 2 aliphatic rings. The fraction of sp³-hybridized carbons (Fsp3) is 1.00. The highest BCUT2D eigenvalue weighted by molar-refractivity contribution is 4.95. The molecule has 0 bridgehead atoms. The molecule has 0 aliphatic carbocycles. The van der Waals surface area contributed by atoms with Crippen molar-refractivity contribution >= 4 is 0 Å². The first kappa shape index (κ1) is 18.2. The van der Waals surface area contributed by atoms with E-state index in [-0.39, 0.29) is 0 Å². The van der Waals surface area contributed by atoms with Gasteiger partial charge in [-0.05, 0) is 25.2 Å². The van der Waals surface area contributed by atoms with Crippen LogP contribution in [0.15, 0.2) is 0 Å². The van der Waals surface area contributed by atoms with Gasteiger partial charge in [-0.2, -0.15) is 0 Å². The standard InChI is InChI=1S/C18H37N3O/c1-6-18(4,15-17(2,3)16-13-19-14-16)21-9-7-20(8-10-21)11-12-22-5/h16,19H,6-15H2,1-5H3/p+1. The molecule has 2 aliphatic heterocycles. The van der Waals surface area contributed by atoms with Crippen molar-refractivity contribution in [3.05, 3.63) is 0 Å². The Morgan fingerprint density at radius 3 is 2.18 bits per heavy atom. The number of hydrogen-bond donors (Lipinski definition) is 1. The third-order valence-corrected chi connectivity index (χ3v) is 6.35. The monoisotopic (exact) mass is 312 g/mol. The van der Waals surface area contributed by atoms with Crippen molar-refractivity contribution in [3.63, 3.8) is 0 Å². The number of ether oxygens (including phenoxy) is 1. The summed E-state index contributed by atoms with van der Waals surface area (Å²) in [6.45, 7) is 19.3. The van der Waals surface area contributed by atoms with Gasteiger partial charge in [0.25, 0.3) is 0 Å². The smallest absolute Gasteiger partial charge is 0.0843 e. The number of piperazine rings is 1. The van der Waals surface area contributed by atoms with Gasteiger partial charge in [-0.15, -0.1) is 0 Å². The van der Waals surface area contributed by atoms with E-state index in [0.29, 0.717) is 11.0 Å². The van der Waals surface area contributed by atoms with Crippen LogP contribution in [0.1, 0.15) is 40.5 Å². The molecule has 4 nitrogen and oxygen atoms in total. The van der Waals surface area contributed by atoms with Crippen LogP contribution in [0.25, 0.3) is 0 Å². The molecule has 22 heavy (non-hydrogen) atoms. The molecule has 1 unspecified atom stereocenters. The molecule has 0 radical (unpaired) electrons. The van der Waals surface area contributed by atoms with Crippen molar-refractivity contribution in [3.8, 4) is 0 Å². The highest BCUT2D eigenvalue weighted by Gasteiger charge is 2.44. The Balaban J connectivity index is 1.90. The molecule has 0 spiro atoms. The predicted octanol–water partition coefficient (Wildman–Crippen LogP) is 1.03. The molecule has 2 heterocycles. The zero-order chi connectivity index (χ0) is 16.2. The molecule has 0 saturated carbocycles. The summed E-state index contributed by atoms with van der Waals surface area (Å²) >= 11 is 0. The van der Waals surface area contributed by atoms with Gasteiger partial charge in [-0.1, -0.05) is 20.8 Å². The average molecular weight is 313 g/mol. The molecule has 0 aromatic heterocycles. The summed E-state index contributed by atoms with van der Waals surface area (Å²) in [5.74, 6) is 0.904. The van der Waals surface area contributed by atoms with Gasteiger partial charge in [0.2, 0.25) is 0 Å². The van der Waals surface area contributed by atoms with E-state index in [9.17, 15) is 0 Å². The fourth-order valence-corrected chi connectivity index (χ4v) is 4.29. The highest BCUT2D eigenvalue weighted by atomic mass is 16.5. The average Bonchev–Trinajstić information content (AvgIpc) is 2.42. The Morgan fingerprint density at radius 1 is 1.09 bits per heavy atom. The van der Waals surface area contributed by atoms with Crippen LogP contribution in [0.4, 0.5) is 0 Å². The van der Waals surface area contributed by atoms with E-state index in [4.69, 9.17) is 4.74 Å².